The maximum atomic E-state index is 9.79. The lowest BCUT2D eigenvalue weighted by Crippen LogP contribution is -1.96. The van der Waals surface area contributed by atoms with Gasteiger partial charge in [-0.2, -0.15) is 5.26 Å². The second kappa shape index (κ2) is 9.09. The predicted octanol–water partition coefficient (Wildman–Crippen LogP) is 6.79. The van der Waals surface area contributed by atoms with E-state index in [1.165, 1.54) is 0 Å². The van der Waals surface area contributed by atoms with Gasteiger partial charge >= 0.3 is 0 Å². The number of hydrogen-bond acceptors (Lipinski definition) is 3. The van der Waals surface area contributed by atoms with E-state index in [1.54, 1.807) is 18.4 Å². The maximum Gasteiger partial charge on any atom is 0.115 e. The van der Waals surface area contributed by atoms with Crippen LogP contribution < -0.4 is 0 Å². The molecule has 3 aromatic rings. The molecule has 0 unspecified atom stereocenters. The Morgan fingerprint density at radius 1 is 1.04 bits per heavy atom. The molecule has 0 aliphatic rings. The molecule has 0 fully saturated rings. The Kier molecular flexibility index (Phi) is 6.85. The first-order valence-corrected chi connectivity index (χ1v) is 9.46. The van der Waals surface area contributed by atoms with E-state index in [0.29, 0.717) is 5.56 Å². The summed E-state index contributed by atoms with van der Waals surface area (Å²) in [5.74, 6) is 1.03. The van der Waals surface area contributed by atoms with E-state index in [4.69, 9.17) is 4.42 Å². The number of phenols is 1. The lowest BCUT2D eigenvalue weighted by molar-refractivity contribution is 0.475. The largest absolute Gasteiger partial charge is 0.508 e. The van der Waals surface area contributed by atoms with Gasteiger partial charge in [0.05, 0.1) is 17.9 Å². The number of rotatable bonds is 4. The van der Waals surface area contributed by atoms with Crippen LogP contribution in [-0.2, 0) is 6.42 Å². The van der Waals surface area contributed by atoms with Crippen LogP contribution in [0.5, 0.6) is 5.75 Å². The van der Waals surface area contributed by atoms with Crippen LogP contribution in [0.1, 0.15) is 49.6 Å². The van der Waals surface area contributed by atoms with Crippen LogP contribution in [0.2, 0.25) is 0 Å². The second-order valence-electron chi connectivity index (χ2n) is 6.32. The standard InChI is InChI=1S/C22H21NO2.C2H6/c1-4-5-16-10-18(12-23)22(21-14(2)13-25-15(21)3)20(11-16)17-6-8-19(24)9-7-17;1-2/h6-11,13,24H,4-5H2,1-3H3;1-2H3. The third-order valence-corrected chi connectivity index (χ3v) is 4.44. The molecular formula is C24H27NO2. The number of benzene rings is 2. The molecule has 1 N–H and O–H groups in total. The summed E-state index contributed by atoms with van der Waals surface area (Å²) >= 11 is 0. The fourth-order valence-electron chi connectivity index (χ4n) is 3.31. The molecule has 0 bridgehead atoms. The molecule has 27 heavy (non-hydrogen) atoms. The fraction of sp³-hybridized carbons (Fsp3) is 0.292. The van der Waals surface area contributed by atoms with Crippen LogP contribution in [0.25, 0.3) is 22.3 Å². The molecule has 0 saturated carbocycles. The summed E-state index contributed by atoms with van der Waals surface area (Å²) in [6.45, 7) is 10.0. The molecule has 0 atom stereocenters. The third-order valence-electron chi connectivity index (χ3n) is 4.44. The van der Waals surface area contributed by atoms with E-state index in [9.17, 15) is 10.4 Å². The molecule has 2 aromatic carbocycles. The van der Waals surface area contributed by atoms with Gasteiger partial charge in [0.1, 0.15) is 11.5 Å². The predicted molar refractivity (Wildman–Crippen MR) is 111 cm³/mol. The number of nitrogens with zero attached hydrogens (tertiary/aromatic N) is 1. The zero-order valence-corrected chi connectivity index (χ0v) is 16.8. The van der Waals surface area contributed by atoms with Crippen molar-refractivity contribution in [1.29, 1.82) is 5.26 Å². The van der Waals surface area contributed by atoms with E-state index >= 15 is 0 Å². The van der Waals surface area contributed by atoms with Crippen molar-refractivity contribution in [2.24, 2.45) is 0 Å². The summed E-state index contributed by atoms with van der Waals surface area (Å²) in [6, 6.07) is 13.6. The van der Waals surface area contributed by atoms with Crippen LogP contribution in [0, 0.1) is 25.2 Å². The highest BCUT2D eigenvalue weighted by Gasteiger charge is 2.20. The van der Waals surface area contributed by atoms with Crippen LogP contribution in [0.4, 0.5) is 0 Å². The minimum absolute atomic E-state index is 0.228. The van der Waals surface area contributed by atoms with Gasteiger partial charge in [0.15, 0.2) is 0 Å². The molecule has 0 aliphatic heterocycles. The van der Waals surface area contributed by atoms with E-state index < -0.39 is 0 Å². The van der Waals surface area contributed by atoms with Gasteiger partial charge in [-0.25, -0.2) is 0 Å². The summed E-state index contributed by atoms with van der Waals surface area (Å²) in [5.41, 5.74) is 6.65. The molecule has 0 amide bonds. The fourth-order valence-corrected chi connectivity index (χ4v) is 3.31. The van der Waals surface area contributed by atoms with Gasteiger partial charge < -0.3 is 9.52 Å². The Labute approximate surface area is 161 Å². The first-order chi connectivity index (χ1) is 13.0. The van der Waals surface area contributed by atoms with Gasteiger partial charge in [0.25, 0.3) is 0 Å². The first kappa shape index (κ1) is 20.3. The van der Waals surface area contributed by atoms with E-state index in [0.717, 1.165) is 52.0 Å². The maximum absolute atomic E-state index is 9.79. The number of furan rings is 1. The van der Waals surface area contributed by atoms with Crippen molar-refractivity contribution in [3.63, 3.8) is 0 Å². The summed E-state index contributed by atoms with van der Waals surface area (Å²) in [7, 11) is 0. The normalized spacial score (nSPS) is 10.1. The van der Waals surface area contributed by atoms with Crippen LogP contribution >= 0.6 is 0 Å². The Balaban J connectivity index is 0.00000126. The second-order valence-corrected chi connectivity index (χ2v) is 6.32. The summed E-state index contributed by atoms with van der Waals surface area (Å²) in [5, 5.41) is 19.4. The lowest BCUT2D eigenvalue weighted by Gasteiger charge is -2.15. The Morgan fingerprint density at radius 3 is 2.22 bits per heavy atom. The number of aromatic hydroxyl groups is 1. The smallest absolute Gasteiger partial charge is 0.115 e. The summed E-state index contributed by atoms with van der Waals surface area (Å²) in [4.78, 5) is 0. The van der Waals surface area contributed by atoms with Gasteiger partial charge in [-0.15, -0.1) is 0 Å². The van der Waals surface area contributed by atoms with Crippen molar-refractivity contribution in [3.8, 4) is 34.1 Å². The molecular weight excluding hydrogens is 334 g/mol. The number of nitriles is 1. The average Bonchev–Trinajstić information content (AvgIpc) is 3.02. The lowest BCUT2D eigenvalue weighted by atomic mass is 9.87. The van der Waals surface area contributed by atoms with Crippen molar-refractivity contribution in [2.75, 3.05) is 0 Å². The molecule has 0 spiro atoms. The molecule has 0 radical (unpaired) electrons. The molecule has 1 aromatic heterocycles. The van der Waals surface area contributed by atoms with Crippen LogP contribution in [0.3, 0.4) is 0 Å². The molecule has 140 valence electrons. The van der Waals surface area contributed by atoms with Crippen molar-refractivity contribution >= 4 is 0 Å². The first-order valence-electron chi connectivity index (χ1n) is 9.46. The highest BCUT2D eigenvalue weighted by molar-refractivity contribution is 5.90. The average molecular weight is 361 g/mol. The van der Waals surface area contributed by atoms with Crippen LogP contribution in [0.15, 0.2) is 47.1 Å². The van der Waals surface area contributed by atoms with E-state index in [-0.39, 0.29) is 5.75 Å². The monoisotopic (exact) mass is 361 g/mol. The molecule has 3 heteroatoms. The summed E-state index contributed by atoms with van der Waals surface area (Å²) < 4.78 is 5.59. The zero-order valence-electron chi connectivity index (χ0n) is 16.8. The Hall–Kier alpha value is -2.99. The third kappa shape index (κ3) is 4.23. The molecule has 1 heterocycles. The van der Waals surface area contributed by atoms with Gasteiger partial charge in [0.2, 0.25) is 0 Å². The molecule has 3 rings (SSSR count). The number of phenolic OH excluding ortho intramolecular Hbond substituents is 1. The molecule has 3 nitrogen and oxygen atoms in total. The van der Waals surface area contributed by atoms with Crippen molar-refractivity contribution in [1.82, 2.24) is 0 Å². The van der Waals surface area contributed by atoms with Gasteiger partial charge in [-0.1, -0.05) is 45.4 Å². The van der Waals surface area contributed by atoms with Crippen molar-refractivity contribution < 1.29 is 9.52 Å². The molecule has 0 aliphatic carbocycles. The Morgan fingerprint density at radius 2 is 1.70 bits per heavy atom. The minimum atomic E-state index is 0.228. The SMILES string of the molecule is CC.CCCc1cc(C#N)c(-c2c(C)coc2C)c(-c2ccc(O)cc2)c1. The molecule has 0 saturated heterocycles. The quantitative estimate of drug-likeness (QED) is 0.557. The highest BCUT2D eigenvalue weighted by atomic mass is 16.3. The van der Waals surface area contributed by atoms with Gasteiger partial charge in [-0.3, -0.25) is 0 Å². The van der Waals surface area contributed by atoms with Crippen LogP contribution in [-0.4, -0.2) is 5.11 Å². The van der Waals surface area contributed by atoms with Gasteiger partial charge in [0, 0.05) is 11.1 Å². The topological polar surface area (TPSA) is 57.2 Å². The van der Waals surface area contributed by atoms with Gasteiger partial charge in [-0.05, 0) is 60.7 Å². The Bertz CT molecular complexity index is 924. The number of hydrogen-bond donors (Lipinski definition) is 1. The zero-order chi connectivity index (χ0) is 20.0. The van der Waals surface area contributed by atoms with Crippen molar-refractivity contribution in [2.45, 2.75) is 47.5 Å². The van der Waals surface area contributed by atoms with E-state index in [1.807, 2.05) is 45.9 Å². The minimum Gasteiger partial charge on any atom is -0.508 e. The van der Waals surface area contributed by atoms with Crippen molar-refractivity contribution in [3.05, 3.63) is 65.1 Å². The highest BCUT2D eigenvalue weighted by Crippen LogP contribution is 2.40. The number of aryl methyl sites for hydroxylation is 3. The van der Waals surface area contributed by atoms with E-state index in [2.05, 4.69) is 19.1 Å². The summed E-state index contributed by atoms with van der Waals surface area (Å²) in [6.07, 6.45) is 3.67.